The van der Waals surface area contributed by atoms with Crippen molar-refractivity contribution in [2.75, 3.05) is 7.11 Å². The molecular formula is C21H19NO6S. The average Bonchev–Trinajstić information content (AvgIpc) is 2.77. The number of sulfone groups is 1. The van der Waals surface area contributed by atoms with E-state index < -0.39 is 15.7 Å². The third kappa shape index (κ3) is 4.39. The van der Waals surface area contributed by atoms with Crippen LogP contribution in [-0.4, -0.2) is 26.6 Å². The molecule has 7 nitrogen and oxygen atoms in total. The van der Waals surface area contributed by atoms with E-state index in [0.717, 1.165) is 5.56 Å². The predicted molar refractivity (Wildman–Crippen MR) is 105 cm³/mol. The van der Waals surface area contributed by atoms with Gasteiger partial charge < -0.3 is 9.47 Å². The standard InChI is InChI=1S/C21H19NO6S/c1-27-18-13-20(29(25,26)16-10-6-3-7-11-16)17(21(23)22-24)12-19(18)28-14-15-8-4-2-5-9-15/h2-13,24H,14H2,1H3,(H,22,23). The number of hydrogen-bond acceptors (Lipinski definition) is 6. The summed E-state index contributed by atoms with van der Waals surface area (Å²) < 4.78 is 37.2. The Morgan fingerprint density at radius 2 is 1.59 bits per heavy atom. The van der Waals surface area contributed by atoms with Crippen LogP contribution in [0.15, 0.2) is 82.6 Å². The van der Waals surface area contributed by atoms with Crippen LogP contribution in [0.3, 0.4) is 0 Å². The normalized spacial score (nSPS) is 11.0. The first-order chi connectivity index (χ1) is 14.0. The molecule has 0 heterocycles. The topological polar surface area (TPSA) is 102 Å². The average molecular weight is 413 g/mol. The van der Waals surface area contributed by atoms with E-state index in [-0.39, 0.29) is 33.5 Å². The minimum Gasteiger partial charge on any atom is -0.493 e. The summed E-state index contributed by atoms with van der Waals surface area (Å²) in [5.74, 6) is -0.668. The zero-order valence-electron chi connectivity index (χ0n) is 15.5. The fraction of sp³-hybridized carbons (Fsp3) is 0.0952. The number of ether oxygens (including phenoxy) is 2. The Labute approximate surface area is 168 Å². The number of methoxy groups -OCH3 is 1. The summed E-state index contributed by atoms with van der Waals surface area (Å²) in [6.45, 7) is 0.183. The van der Waals surface area contributed by atoms with Gasteiger partial charge in [0.25, 0.3) is 5.91 Å². The Hall–Kier alpha value is -3.36. The zero-order chi connectivity index (χ0) is 20.9. The molecule has 0 unspecified atom stereocenters. The largest absolute Gasteiger partial charge is 0.493 e. The molecule has 0 spiro atoms. The molecule has 0 aliphatic carbocycles. The first kappa shape index (κ1) is 20.4. The van der Waals surface area contributed by atoms with Crippen molar-refractivity contribution in [1.29, 1.82) is 0 Å². The van der Waals surface area contributed by atoms with E-state index in [1.807, 2.05) is 30.3 Å². The molecule has 0 radical (unpaired) electrons. The van der Waals surface area contributed by atoms with Crippen LogP contribution < -0.4 is 15.0 Å². The van der Waals surface area contributed by atoms with E-state index in [2.05, 4.69) is 0 Å². The predicted octanol–water partition coefficient (Wildman–Crippen LogP) is 3.23. The van der Waals surface area contributed by atoms with Crippen LogP contribution in [0.25, 0.3) is 0 Å². The van der Waals surface area contributed by atoms with E-state index in [4.69, 9.17) is 14.7 Å². The smallest absolute Gasteiger partial charge is 0.276 e. The molecule has 29 heavy (non-hydrogen) atoms. The molecule has 0 atom stereocenters. The number of carbonyl (C=O) groups excluding carboxylic acids is 1. The van der Waals surface area contributed by atoms with Crippen molar-refractivity contribution in [1.82, 2.24) is 5.48 Å². The molecule has 0 bridgehead atoms. The highest BCUT2D eigenvalue weighted by Crippen LogP contribution is 2.36. The van der Waals surface area contributed by atoms with Crippen LogP contribution in [0.2, 0.25) is 0 Å². The molecule has 0 aliphatic heterocycles. The van der Waals surface area contributed by atoms with Gasteiger partial charge in [0.1, 0.15) is 6.61 Å². The van der Waals surface area contributed by atoms with E-state index in [9.17, 15) is 13.2 Å². The summed E-state index contributed by atoms with van der Waals surface area (Å²) in [7, 11) is -2.68. The molecule has 1 amide bonds. The maximum Gasteiger partial charge on any atom is 0.276 e. The number of hydroxylamine groups is 1. The summed E-state index contributed by atoms with van der Waals surface area (Å²) in [6.07, 6.45) is 0. The minimum atomic E-state index is -4.05. The molecule has 0 aliphatic rings. The maximum absolute atomic E-state index is 13.1. The SMILES string of the molecule is COc1cc(S(=O)(=O)c2ccccc2)c(C(=O)NO)cc1OCc1ccccc1. The summed E-state index contributed by atoms with van der Waals surface area (Å²) >= 11 is 0. The Morgan fingerprint density at radius 3 is 2.17 bits per heavy atom. The highest BCUT2D eigenvalue weighted by molar-refractivity contribution is 7.91. The van der Waals surface area contributed by atoms with Gasteiger partial charge in [-0.2, -0.15) is 0 Å². The van der Waals surface area contributed by atoms with Gasteiger partial charge in [-0.05, 0) is 23.8 Å². The number of nitrogens with one attached hydrogen (secondary N) is 1. The first-order valence-electron chi connectivity index (χ1n) is 8.60. The molecule has 8 heteroatoms. The molecule has 0 saturated heterocycles. The van der Waals surface area contributed by atoms with Crippen molar-refractivity contribution in [3.63, 3.8) is 0 Å². The lowest BCUT2D eigenvalue weighted by Crippen LogP contribution is -2.22. The van der Waals surface area contributed by atoms with Gasteiger partial charge in [-0.25, -0.2) is 13.9 Å². The lowest BCUT2D eigenvalue weighted by atomic mass is 10.2. The lowest BCUT2D eigenvalue weighted by molar-refractivity contribution is 0.0702. The van der Waals surface area contributed by atoms with Crippen molar-refractivity contribution in [3.05, 3.63) is 83.9 Å². The molecule has 150 valence electrons. The second-order valence-electron chi connectivity index (χ2n) is 6.03. The molecule has 3 aromatic rings. The summed E-state index contributed by atoms with van der Waals surface area (Å²) in [4.78, 5) is 11.9. The second kappa shape index (κ2) is 8.76. The second-order valence-corrected chi connectivity index (χ2v) is 7.95. The van der Waals surface area contributed by atoms with E-state index in [1.165, 1.54) is 36.9 Å². The highest BCUT2D eigenvalue weighted by Gasteiger charge is 2.27. The number of amides is 1. The van der Waals surface area contributed by atoms with Crippen molar-refractivity contribution in [2.45, 2.75) is 16.4 Å². The van der Waals surface area contributed by atoms with Crippen molar-refractivity contribution in [2.24, 2.45) is 0 Å². The van der Waals surface area contributed by atoms with Crippen LogP contribution in [0.4, 0.5) is 0 Å². The van der Waals surface area contributed by atoms with Crippen LogP contribution in [-0.2, 0) is 16.4 Å². The summed E-state index contributed by atoms with van der Waals surface area (Å²) in [6, 6.07) is 19.4. The van der Waals surface area contributed by atoms with Crippen molar-refractivity contribution >= 4 is 15.7 Å². The fourth-order valence-corrected chi connectivity index (χ4v) is 4.21. The number of carbonyl (C=O) groups is 1. The van der Waals surface area contributed by atoms with Crippen LogP contribution in [0, 0.1) is 0 Å². The molecular weight excluding hydrogens is 394 g/mol. The molecule has 0 saturated carbocycles. The van der Waals surface area contributed by atoms with Crippen LogP contribution >= 0.6 is 0 Å². The Balaban J connectivity index is 2.08. The van der Waals surface area contributed by atoms with Gasteiger partial charge in [-0.1, -0.05) is 48.5 Å². The third-order valence-corrected chi connectivity index (χ3v) is 6.00. The molecule has 0 fully saturated rings. The number of benzene rings is 3. The van der Waals surface area contributed by atoms with Gasteiger partial charge in [0.05, 0.1) is 22.5 Å². The van der Waals surface area contributed by atoms with Gasteiger partial charge in [-0.15, -0.1) is 0 Å². The summed E-state index contributed by atoms with van der Waals surface area (Å²) in [5.41, 5.74) is 2.10. The zero-order valence-corrected chi connectivity index (χ0v) is 16.3. The van der Waals surface area contributed by atoms with Crippen LogP contribution in [0.1, 0.15) is 15.9 Å². The molecule has 0 aromatic heterocycles. The Bertz CT molecular complexity index is 1100. The van der Waals surface area contributed by atoms with E-state index >= 15 is 0 Å². The van der Waals surface area contributed by atoms with E-state index in [0.29, 0.717) is 0 Å². The quantitative estimate of drug-likeness (QED) is 0.455. The summed E-state index contributed by atoms with van der Waals surface area (Å²) in [5, 5.41) is 9.11. The van der Waals surface area contributed by atoms with Gasteiger partial charge in [0, 0.05) is 6.07 Å². The van der Waals surface area contributed by atoms with E-state index in [1.54, 1.807) is 18.2 Å². The van der Waals surface area contributed by atoms with Gasteiger partial charge in [0.15, 0.2) is 11.5 Å². The lowest BCUT2D eigenvalue weighted by Gasteiger charge is -2.16. The van der Waals surface area contributed by atoms with Crippen LogP contribution in [0.5, 0.6) is 11.5 Å². The Morgan fingerprint density at radius 1 is 0.966 bits per heavy atom. The maximum atomic E-state index is 13.1. The van der Waals surface area contributed by atoms with Crippen molar-refractivity contribution in [3.8, 4) is 11.5 Å². The minimum absolute atomic E-state index is 0.00648. The monoisotopic (exact) mass is 413 g/mol. The molecule has 2 N–H and O–H groups in total. The molecule has 3 aromatic carbocycles. The third-order valence-electron chi connectivity index (χ3n) is 4.19. The molecule has 3 rings (SSSR count). The fourth-order valence-electron chi connectivity index (χ4n) is 2.74. The highest BCUT2D eigenvalue weighted by atomic mass is 32.2. The Kier molecular flexibility index (Phi) is 6.16. The van der Waals surface area contributed by atoms with Gasteiger partial charge >= 0.3 is 0 Å². The first-order valence-corrected chi connectivity index (χ1v) is 10.1. The van der Waals surface area contributed by atoms with Crippen molar-refractivity contribution < 1.29 is 27.9 Å². The van der Waals surface area contributed by atoms with Gasteiger partial charge in [0.2, 0.25) is 9.84 Å². The van der Waals surface area contributed by atoms with Gasteiger partial charge in [-0.3, -0.25) is 10.0 Å². The number of rotatable bonds is 7. The number of hydrogen-bond donors (Lipinski definition) is 2.